The van der Waals surface area contributed by atoms with Gasteiger partial charge in [0.25, 0.3) is 15.9 Å². The number of amides is 1. The minimum absolute atomic E-state index is 0.140. The van der Waals surface area contributed by atoms with Crippen molar-refractivity contribution < 1.29 is 22.0 Å². The second-order valence-corrected chi connectivity index (χ2v) is 9.00. The number of rotatable bonds is 5. The van der Waals surface area contributed by atoms with Crippen LogP contribution in [-0.4, -0.2) is 25.8 Å². The molecule has 1 amide bonds. The molecule has 0 aliphatic carbocycles. The van der Waals surface area contributed by atoms with E-state index >= 15 is 0 Å². The number of carbonyl (C=O) groups is 1. The second kappa shape index (κ2) is 8.47. The highest BCUT2D eigenvalue weighted by molar-refractivity contribution is 7.92. The highest BCUT2D eigenvalue weighted by Gasteiger charge is 2.31. The molecule has 1 fully saturated rings. The molecule has 3 aromatic carbocycles. The summed E-state index contributed by atoms with van der Waals surface area (Å²) in [7, 11) is -4.09. The van der Waals surface area contributed by atoms with Gasteiger partial charge in [0, 0.05) is 12.1 Å². The van der Waals surface area contributed by atoms with Crippen molar-refractivity contribution in [2.45, 2.75) is 23.8 Å². The van der Waals surface area contributed by atoms with E-state index in [9.17, 15) is 22.0 Å². The summed E-state index contributed by atoms with van der Waals surface area (Å²) in [6.07, 6.45) is 1.53. The van der Waals surface area contributed by atoms with Crippen molar-refractivity contribution in [2.75, 3.05) is 11.3 Å². The molecule has 1 aliphatic rings. The Bertz CT molecular complexity index is 1210. The summed E-state index contributed by atoms with van der Waals surface area (Å²) in [6.45, 7) is 0.519. The van der Waals surface area contributed by atoms with E-state index in [0.29, 0.717) is 6.54 Å². The number of benzene rings is 3. The molecule has 0 bridgehead atoms. The topological polar surface area (TPSA) is 66.5 Å². The molecule has 1 heterocycles. The molecule has 1 N–H and O–H groups in total. The van der Waals surface area contributed by atoms with Crippen molar-refractivity contribution in [2.24, 2.45) is 0 Å². The van der Waals surface area contributed by atoms with Gasteiger partial charge in [0.1, 0.15) is 11.6 Å². The molecule has 3 aromatic rings. The summed E-state index contributed by atoms with van der Waals surface area (Å²) in [4.78, 5) is 14.7. The lowest BCUT2D eigenvalue weighted by atomic mass is 10.0. The minimum Gasteiger partial charge on any atom is -0.332 e. The minimum atomic E-state index is -4.09. The first-order valence-corrected chi connectivity index (χ1v) is 11.3. The number of para-hydroxylation sites is 1. The van der Waals surface area contributed by atoms with E-state index in [-0.39, 0.29) is 33.9 Å². The summed E-state index contributed by atoms with van der Waals surface area (Å²) in [5.74, 6) is -1.35. The van der Waals surface area contributed by atoms with Gasteiger partial charge in [-0.1, -0.05) is 30.3 Å². The van der Waals surface area contributed by atoms with Crippen LogP contribution in [0.3, 0.4) is 0 Å². The zero-order chi connectivity index (χ0) is 22.0. The molecule has 0 saturated carbocycles. The number of nitrogens with one attached hydrogen (secondary N) is 1. The molecule has 0 radical (unpaired) electrons. The molecular formula is C23H20F2N2O3S. The first-order valence-electron chi connectivity index (χ1n) is 9.79. The summed E-state index contributed by atoms with van der Waals surface area (Å²) in [5, 5.41) is 0. The fraction of sp³-hybridized carbons (Fsp3) is 0.174. The number of likely N-dealkylation sites (tertiary alicyclic amines) is 1. The second-order valence-electron chi connectivity index (χ2n) is 7.32. The first-order chi connectivity index (χ1) is 14.8. The Morgan fingerprint density at radius 1 is 0.968 bits per heavy atom. The van der Waals surface area contributed by atoms with E-state index in [0.717, 1.165) is 24.5 Å². The van der Waals surface area contributed by atoms with Gasteiger partial charge in [-0.15, -0.1) is 0 Å². The van der Waals surface area contributed by atoms with Gasteiger partial charge in [-0.3, -0.25) is 9.52 Å². The van der Waals surface area contributed by atoms with E-state index in [1.165, 1.54) is 48.5 Å². The Morgan fingerprint density at radius 3 is 2.45 bits per heavy atom. The smallest absolute Gasteiger partial charge is 0.262 e. The lowest BCUT2D eigenvalue weighted by molar-refractivity contribution is 0.0735. The summed E-state index contributed by atoms with van der Waals surface area (Å²) >= 11 is 0. The predicted octanol–water partition coefficient (Wildman–Crippen LogP) is 4.74. The van der Waals surface area contributed by atoms with E-state index < -0.39 is 15.8 Å². The summed E-state index contributed by atoms with van der Waals surface area (Å²) < 4.78 is 54.8. The summed E-state index contributed by atoms with van der Waals surface area (Å²) in [5.41, 5.74) is 0.873. The van der Waals surface area contributed by atoms with Crippen molar-refractivity contribution >= 4 is 21.6 Å². The van der Waals surface area contributed by atoms with Gasteiger partial charge in [0.2, 0.25) is 0 Å². The van der Waals surface area contributed by atoms with Crippen molar-refractivity contribution in [1.29, 1.82) is 0 Å². The van der Waals surface area contributed by atoms with Crippen LogP contribution in [0.25, 0.3) is 0 Å². The van der Waals surface area contributed by atoms with E-state index in [1.54, 1.807) is 23.1 Å². The molecule has 1 aliphatic heterocycles. The van der Waals surface area contributed by atoms with E-state index in [1.807, 2.05) is 0 Å². The normalized spacial score (nSPS) is 16.3. The van der Waals surface area contributed by atoms with Gasteiger partial charge in [-0.05, 0) is 60.9 Å². The van der Waals surface area contributed by atoms with Gasteiger partial charge >= 0.3 is 0 Å². The monoisotopic (exact) mass is 442 g/mol. The van der Waals surface area contributed by atoms with Crippen LogP contribution in [-0.2, 0) is 10.0 Å². The van der Waals surface area contributed by atoms with Gasteiger partial charge in [-0.25, -0.2) is 17.2 Å². The van der Waals surface area contributed by atoms with Crippen LogP contribution >= 0.6 is 0 Å². The third kappa shape index (κ3) is 4.44. The molecule has 1 atom stereocenters. The van der Waals surface area contributed by atoms with Gasteiger partial charge < -0.3 is 4.90 Å². The lowest BCUT2D eigenvalue weighted by Gasteiger charge is -2.25. The number of halogens is 2. The largest absolute Gasteiger partial charge is 0.332 e. The number of hydrogen-bond donors (Lipinski definition) is 1. The SMILES string of the molecule is O=C(c1cccc(S(=O)(=O)Nc2ccccc2F)c1)N1CCCC1c1ccc(F)cc1. The molecule has 8 heteroatoms. The maximum Gasteiger partial charge on any atom is 0.262 e. The Labute approximate surface area is 179 Å². The number of anilines is 1. The van der Waals surface area contributed by atoms with Crippen molar-refractivity contribution in [3.63, 3.8) is 0 Å². The van der Waals surface area contributed by atoms with E-state index in [2.05, 4.69) is 4.72 Å². The fourth-order valence-corrected chi connectivity index (χ4v) is 4.86. The maximum absolute atomic E-state index is 13.9. The average molecular weight is 442 g/mol. The number of carbonyl (C=O) groups excluding carboxylic acids is 1. The predicted molar refractivity (Wildman–Crippen MR) is 113 cm³/mol. The van der Waals surface area contributed by atoms with Crippen molar-refractivity contribution in [1.82, 2.24) is 4.90 Å². The molecule has 1 unspecified atom stereocenters. The Balaban J connectivity index is 1.59. The van der Waals surface area contributed by atoms with Crippen molar-refractivity contribution in [3.05, 3.63) is 95.6 Å². The number of hydrogen-bond acceptors (Lipinski definition) is 3. The lowest BCUT2D eigenvalue weighted by Crippen LogP contribution is -2.30. The fourth-order valence-electron chi connectivity index (χ4n) is 3.75. The Hall–Kier alpha value is -3.26. The highest BCUT2D eigenvalue weighted by atomic mass is 32.2. The quantitative estimate of drug-likeness (QED) is 0.621. The van der Waals surface area contributed by atoms with E-state index in [4.69, 9.17) is 0 Å². The van der Waals surface area contributed by atoms with Crippen LogP contribution in [0.5, 0.6) is 0 Å². The number of sulfonamides is 1. The molecular weight excluding hydrogens is 422 g/mol. The number of nitrogens with zero attached hydrogens (tertiary/aromatic N) is 1. The van der Waals surface area contributed by atoms with Crippen molar-refractivity contribution in [3.8, 4) is 0 Å². The maximum atomic E-state index is 13.9. The molecule has 5 nitrogen and oxygen atoms in total. The summed E-state index contributed by atoms with van der Waals surface area (Å²) in [6, 6.07) is 16.9. The third-order valence-electron chi connectivity index (χ3n) is 5.28. The van der Waals surface area contributed by atoms with Crippen LogP contribution in [0.15, 0.2) is 77.7 Å². The molecule has 1 saturated heterocycles. The zero-order valence-electron chi connectivity index (χ0n) is 16.5. The molecule has 0 aromatic heterocycles. The highest BCUT2D eigenvalue weighted by Crippen LogP contribution is 2.33. The Morgan fingerprint density at radius 2 is 1.71 bits per heavy atom. The van der Waals surface area contributed by atoms with Gasteiger partial charge in [0.05, 0.1) is 16.6 Å². The van der Waals surface area contributed by atoms with Crippen LogP contribution in [0.1, 0.15) is 34.8 Å². The average Bonchev–Trinajstić information content (AvgIpc) is 3.25. The van der Waals surface area contributed by atoms with Gasteiger partial charge in [-0.2, -0.15) is 0 Å². The van der Waals surface area contributed by atoms with Crippen LogP contribution in [0.2, 0.25) is 0 Å². The molecule has 4 rings (SSSR count). The molecule has 0 spiro atoms. The molecule has 160 valence electrons. The van der Waals surface area contributed by atoms with Crippen LogP contribution in [0.4, 0.5) is 14.5 Å². The van der Waals surface area contributed by atoms with Gasteiger partial charge in [0.15, 0.2) is 0 Å². The van der Waals surface area contributed by atoms with Crippen LogP contribution < -0.4 is 4.72 Å². The van der Waals surface area contributed by atoms with Crippen LogP contribution in [0, 0.1) is 11.6 Å². The third-order valence-corrected chi connectivity index (χ3v) is 6.64. The zero-order valence-corrected chi connectivity index (χ0v) is 17.3. The Kier molecular flexibility index (Phi) is 5.73. The standard InChI is InChI=1S/C23H20F2N2O3S/c24-18-12-10-16(11-13-18)22-9-4-14-27(22)23(28)17-5-3-6-19(15-17)31(29,30)26-21-8-2-1-7-20(21)25/h1-3,5-8,10-13,15,22,26H,4,9,14H2. The molecule has 31 heavy (non-hydrogen) atoms. The first kappa shape index (κ1) is 21.0.